The van der Waals surface area contributed by atoms with Crippen LogP contribution in [0.15, 0.2) is 36.4 Å². The highest BCUT2D eigenvalue weighted by Crippen LogP contribution is 2.38. The van der Waals surface area contributed by atoms with E-state index in [1.807, 2.05) is 0 Å². The van der Waals surface area contributed by atoms with Crippen LogP contribution in [-0.2, 0) is 20.7 Å². The van der Waals surface area contributed by atoms with Gasteiger partial charge < -0.3 is 29.0 Å². The first kappa shape index (κ1) is 22.7. The van der Waals surface area contributed by atoms with E-state index in [0.717, 1.165) is 0 Å². The highest BCUT2D eigenvalue weighted by Gasteiger charge is 2.16. The molecule has 1 N–H and O–H groups in total. The van der Waals surface area contributed by atoms with Gasteiger partial charge in [-0.15, -0.1) is 0 Å². The molecule has 0 unspecified atom stereocenters. The first-order valence-corrected chi connectivity index (χ1v) is 8.65. The van der Waals surface area contributed by atoms with E-state index in [0.29, 0.717) is 28.5 Å². The Labute approximate surface area is 171 Å². The highest BCUT2D eigenvalue weighted by molar-refractivity contribution is 5.92. The van der Waals surface area contributed by atoms with E-state index in [9.17, 15) is 18.4 Å². The van der Waals surface area contributed by atoms with Gasteiger partial charge in [-0.05, 0) is 42.0 Å². The van der Waals surface area contributed by atoms with Gasteiger partial charge in [0.15, 0.2) is 18.1 Å². The zero-order valence-electron chi connectivity index (χ0n) is 16.6. The zero-order chi connectivity index (χ0) is 22.1. The lowest BCUT2D eigenvalue weighted by molar-refractivity contribution is -0.146. The third-order valence-corrected chi connectivity index (χ3v) is 3.80. The van der Waals surface area contributed by atoms with Crippen LogP contribution in [0.25, 0.3) is 0 Å². The van der Waals surface area contributed by atoms with E-state index in [1.165, 1.54) is 45.6 Å². The molecular formula is C20H21F2NO7. The molecule has 2 aromatic carbocycles. The lowest BCUT2D eigenvalue weighted by atomic mass is 10.1. The van der Waals surface area contributed by atoms with Gasteiger partial charge in [-0.3, -0.25) is 9.59 Å². The van der Waals surface area contributed by atoms with Gasteiger partial charge in [0.1, 0.15) is 5.75 Å². The topological polar surface area (TPSA) is 92.3 Å². The second-order valence-electron chi connectivity index (χ2n) is 5.82. The van der Waals surface area contributed by atoms with E-state index in [2.05, 4.69) is 10.1 Å². The Balaban J connectivity index is 1.89. The molecule has 0 heterocycles. The second-order valence-corrected chi connectivity index (χ2v) is 5.82. The Hall–Kier alpha value is -3.56. The summed E-state index contributed by atoms with van der Waals surface area (Å²) in [4.78, 5) is 24.0. The SMILES string of the molecule is COc1cc(CC(=O)OCC(=O)Nc2ccc(OC(F)F)cc2)cc(OC)c1OC. The molecule has 0 atom stereocenters. The molecule has 0 aliphatic heterocycles. The smallest absolute Gasteiger partial charge is 0.387 e. The Kier molecular flexibility index (Phi) is 8.21. The van der Waals surface area contributed by atoms with Crippen molar-refractivity contribution in [3.05, 3.63) is 42.0 Å². The van der Waals surface area contributed by atoms with Gasteiger partial charge in [0.05, 0.1) is 27.8 Å². The molecule has 0 aliphatic carbocycles. The molecule has 8 nitrogen and oxygen atoms in total. The Morgan fingerprint density at radius 2 is 1.57 bits per heavy atom. The third-order valence-electron chi connectivity index (χ3n) is 3.80. The van der Waals surface area contributed by atoms with E-state index < -0.39 is 25.1 Å². The summed E-state index contributed by atoms with van der Waals surface area (Å²) in [5.74, 6) is -0.106. The van der Waals surface area contributed by atoms with Crippen molar-refractivity contribution in [2.75, 3.05) is 33.3 Å². The number of hydrogen-bond acceptors (Lipinski definition) is 7. The minimum atomic E-state index is -2.93. The molecule has 0 aliphatic rings. The predicted octanol–water partition coefficient (Wildman–Crippen LogP) is 3.04. The molecular weight excluding hydrogens is 404 g/mol. The van der Waals surface area contributed by atoms with Crippen molar-refractivity contribution in [2.45, 2.75) is 13.0 Å². The van der Waals surface area contributed by atoms with Crippen molar-refractivity contribution in [2.24, 2.45) is 0 Å². The minimum absolute atomic E-state index is 0.0419. The first-order valence-electron chi connectivity index (χ1n) is 8.65. The Morgan fingerprint density at radius 3 is 2.07 bits per heavy atom. The van der Waals surface area contributed by atoms with Crippen molar-refractivity contribution >= 4 is 17.6 Å². The van der Waals surface area contributed by atoms with E-state index >= 15 is 0 Å². The number of carbonyl (C=O) groups excluding carboxylic acids is 2. The van der Waals surface area contributed by atoms with Gasteiger partial charge in [-0.25, -0.2) is 0 Å². The van der Waals surface area contributed by atoms with Crippen LogP contribution in [0.5, 0.6) is 23.0 Å². The number of ether oxygens (including phenoxy) is 5. The number of halogens is 2. The number of carbonyl (C=O) groups is 2. The maximum Gasteiger partial charge on any atom is 0.387 e. The van der Waals surface area contributed by atoms with Gasteiger partial charge in [0.25, 0.3) is 5.91 Å². The molecule has 0 saturated heterocycles. The van der Waals surface area contributed by atoms with Crippen molar-refractivity contribution in [1.29, 1.82) is 0 Å². The largest absolute Gasteiger partial charge is 0.493 e. The number of esters is 1. The van der Waals surface area contributed by atoms with Crippen LogP contribution < -0.4 is 24.3 Å². The summed E-state index contributed by atoms with van der Waals surface area (Å²) in [6.45, 7) is -3.45. The summed E-state index contributed by atoms with van der Waals surface area (Å²) in [5, 5.41) is 2.48. The van der Waals surface area contributed by atoms with E-state index in [1.54, 1.807) is 12.1 Å². The number of nitrogens with one attached hydrogen (secondary N) is 1. The minimum Gasteiger partial charge on any atom is -0.493 e. The average Bonchev–Trinajstić information content (AvgIpc) is 2.72. The van der Waals surface area contributed by atoms with Crippen LogP contribution in [0, 0.1) is 0 Å². The van der Waals surface area contributed by atoms with Gasteiger partial charge in [0.2, 0.25) is 5.75 Å². The van der Waals surface area contributed by atoms with Crippen LogP contribution in [0.2, 0.25) is 0 Å². The average molecular weight is 425 g/mol. The van der Waals surface area contributed by atoms with Gasteiger partial charge in [-0.1, -0.05) is 0 Å². The Bertz CT molecular complexity index is 847. The molecule has 2 rings (SSSR count). The molecule has 0 bridgehead atoms. The fourth-order valence-electron chi connectivity index (χ4n) is 2.52. The number of anilines is 1. The van der Waals surface area contributed by atoms with Gasteiger partial charge in [-0.2, -0.15) is 8.78 Å². The maximum absolute atomic E-state index is 12.1. The summed E-state index contributed by atoms with van der Waals surface area (Å²) in [6, 6.07) is 8.52. The first-order chi connectivity index (χ1) is 14.4. The van der Waals surface area contributed by atoms with E-state index in [4.69, 9.17) is 18.9 Å². The third kappa shape index (κ3) is 6.50. The van der Waals surface area contributed by atoms with Crippen molar-refractivity contribution < 1.29 is 42.1 Å². The molecule has 0 radical (unpaired) electrons. The summed E-state index contributed by atoms with van der Waals surface area (Å²) in [6.07, 6.45) is -0.121. The van der Waals surface area contributed by atoms with Gasteiger partial charge >= 0.3 is 12.6 Å². The molecule has 0 fully saturated rings. The van der Waals surface area contributed by atoms with Crippen LogP contribution in [0.3, 0.4) is 0 Å². The molecule has 1 amide bonds. The quantitative estimate of drug-likeness (QED) is 0.585. The Morgan fingerprint density at radius 1 is 0.967 bits per heavy atom. The predicted molar refractivity (Wildman–Crippen MR) is 102 cm³/mol. The van der Waals surface area contributed by atoms with Crippen LogP contribution in [-0.4, -0.2) is 46.4 Å². The normalized spacial score (nSPS) is 10.3. The van der Waals surface area contributed by atoms with E-state index in [-0.39, 0.29) is 12.2 Å². The number of methoxy groups -OCH3 is 3. The summed E-state index contributed by atoms with van der Waals surface area (Å²) < 4.78 is 49.1. The standard InChI is InChI=1S/C20H21F2NO7/c1-26-15-8-12(9-16(27-2)19(15)28-3)10-18(25)29-11-17(24)23-13-4-6-14(7-5-13)30-20(21)22/h4-9,20H,10-11H2,1-3H3,(H,23,24). The summed E-state index contributed by atoms with van der Waals surface area (Å²) in [7, 11) is 4.37. The maximum atomic E-state index is 12.1. The van der Waals surface area contributed by atoms with Crippen LogP contribution >= 0.6 is 0 Å². The summed E-state index contributed by atoms with van der Waals surface area (Å²) >= 11 is 0. The molecule has 2 aromatic rings. The van der Waals surface area contributed by atoms with Crippen molar-refractivity contribution in [3.8, 4) is 23.0 Å². The fourth-order valence-corrected chi connectivity index (χ4v) is 2.52. The molecule has 30 heavy (non-hydrogen) atoms. The van der Waals surface area contributed by atoms with Crippen LogP contribution in [0.1, 0.15) is 5.56 Å². The highest BCUT2D eigenvalue weighted by atomic mass is 19.3. The molecule has 162 valence electrons. The molecule has 10 heteroatoms. The summed E-state index contributed by atoms with van der Waals surface area (Å²) in [5.41, 5.74) is 0.881. The van der Waals surface area contributed by atoms with Crippen molar-refractivity contribution in [3.63, 3.8) is 0 Å². The number of rotatable bonds is 10. The van der Waals surface area contributed by atoms with Crippen molar-refractivity contribution in [1.82, 2.24) is 0 Å². The number of hydrogen-bond donors (Lipinski definition) is 1. The number of benzene rings is 2. The fraction of sp³-hybridized carbons (Fsp3) is 0.300. The lowest BCUT2D eigenvalue weighted by Gasteiger charge is -2.14. The monoisotopic (exact) mass is 425 g/mol. The lowest BCUT2D eigenvalue weighted by Crippen LogP contribution is -2.21. The number of amides is 1. The second kappa shape index (κ2) is 10.8. The van der Waals surface area contributed by atoms with Crippen LogP contribution in [0.4, 0.5) is 14.5 Å². The molecule has 0 aromatic heterocycles. The molecule has 0 spiro atoms. The van der Waals surface area contributed by atoms with Gasteiger partial charge in [0, 0.05) is 5.69 Å². The molecule has 0 saturated carbocycles. The number of alkyl halides is 2. The zero-order valence-corrected chi connectivity index (χ0v) is 16.6.